The second kappa shape index (κ2) is 7.11. The predicted octanol–water partition coefficient (Wildman–Crippen LogP) is 3.19. The lowest BCUT2D eigenvalue weighted by molar-refractivity contribution is -0.138. The molecule has 2 aliphatic heterocycles. The number of aromatic amines is 1. The summed E-state index contributed by atoms with van der Waals surface area (Å²) in [6, 6.07) is 5.98. The average Bonchev–Trinajstić information content (AvgIpc) is 3.39. The van der Waals surface area contributed by atoms with Gasteiger partial charge in [0, 0.05) is 25.2 Å². The van der Waals surface area contributed by atoms with Gasteiger partial charge in [-0.15, -0.1) is 0 Å². The summed E-state index contributed by atoms with van der Waals surface area (Å²) in [5.41, 5.74) is 2.77. The molecule has 0 spiro atoms. The number of hydrogen-bond donors (Lipinski definition) is 3. The standard InChI is InChI=1S/C21H25F3N4O/c22-21(23,24)17-4-2-1-3-15(17)12-7-13-10-28(11-14(13)8-12)20(29)19-16-5-6-25-9-18(16)26-27-19/h1-4,12-14,20,25,29H,5-11H2,(H,26,27)/t12?,13-,14+,20?. The van der Waals surface area contributed by atoms with Gasteiger partial charge in [0.1, 0.15) is 5.69 Å². The Bertz CT molecular complexity index is 882. The Morgan fingerprint density at radius 1 is 1.14 bits per heavy atom. The lowest BCUT2D eigenvalue weighted by atomic mass is 9.91. The van der Waals surface area contributed by atoms with Gasteiger partial charge in [-0.05, 0) is 55.2 Å². The van der Waals surface area contributed by atoms with Gasteiger partial charge >= 0.3 is 6.18 Å². The van der Waals surface area contributed by atoms with Gasteiger partial charge in [-0.1, -0.05) is 18.2 Å². The first kappa shape index (κ1) is 19.1. The molecule has 3 N–H and O–H groups in total. The quantitative estimate of drug-likeness (QED) is 0.733. The van der Waals surface area contributed by atoms with Crippen molar-refractivity contribution in [1.29, 1.82) is 0 Å². The van der Waals surface area contributed by atoms with Crippen LogP contribution in [0.2, 0.25) is 0 Å². The second-order valence-corrected chi connectivity index (χ2v) is 8.59. The minimum Gasteiger partial charge on any atom is -0.372 e. The molecule has 5 nitrogen and oxygen atoms in total. The highest BCUT2D eigenvalue weighted by Gasteiger charge is 2.45. The molecule has 1 saturated heterocycles. The zero-order valence-corrected chi connectivity index (χ0v) is 16.0. The Kier molecular flexibility index (Phi) is 4.68. The minimum atomic E-state index is -4.32. The first-order valence-corrected chi connectivity index (χ1v) is 10.3. The maximum atomic E-state index is 13.4. The maximum absolute atomic E-state index is 13.4. The normalized spacial score (nSPS) is 28.3. The van der Waals surface area contributed by atoms with E-state index < -0.39 is 18.0 Å². The van der Waals surface area contributed by atoms with Crippen LogP contribution < -0.4 is 5.32 Å². The lowest BCUT2D eigenvalue weighted by Gasteiger charge is -2.25. The molecule has 8 heteroatoms. The third-order valence-electron chi connectivity index (χ3n) is 6.91. The number of alkyl halides is 3. The summed E-state index contributed by atoms with van der Waals surface area (Å²) >= 11 is 0. The number of benzene rings is 1. The number of H-pyrrole nitrogens is 1. The van der Waals surface area contributed by atoms with Crippen molar-refractivity contribution in [3.05, 3.63) is 52.3 Å². The van der Waals surface area contributed by atoms with E-state index in [4.69, 9.17) is 0 Å². The maximum Gasteiger partial charge on any atom is 0.416 e. The summed E-state index contributed by atoms with van der Waals surface area (Å²) in [5, 5.41) is 21.6. The van der Waals surface area contributed by atoms with Crippen molar-refractivity contribution in [1.82, 2.24) is 20.4 Å². The molecule has 1 aromatic carbocycles. The van der Waals surface area contributed by atoms with Crippen molar-refractivity contribution in [2.45, 2.75) is 44.1 Å². The number of fused-ring (bicyclic) bond motifs is 2. The van der Waals surface area contributed by atoms with E-state index >= 15 is 0 Å². The number of aliphatic hydroxyl groups excluding tert-OH is 1. The molecule has 4 atom stereocenters. The van der Waals surface area contributed by atoms with Gasteiger partial charge in [-0.25, -0.2) is 0 Å². The Labute approximate surface area is 167 Å². The molecule has 0 amide bonds. The van der Waals surface area contributed by atoms with Gasteiger partial charge in [-0.2, -0.15) is 18.3 Å². The highest BCUT2D eigenvalue weighted by Crippen LogP contribution is 2.49. The lowest BCUT2D eigenvalue weighted by Crippen LogP contribution is -2.30. The Balaban J connectivity index is 1.29. The molecule has 1 aromatic heterocycles. The van der Waals surface area contributed by atoms with Crippen molar-refractivity contribution in [3.63, 3.8) is 0 Å². The monoisotopic (exact) mass is 406 g/mol. The molecule has 3 aliphatic rings. The first-order chi connectivity index (χ1) is 13.9. The molecule has 1 aliphatic carbocycles. The number of halogens is 3. The topological polar surface area (TPSA) is 64.2 Å². The van der Waals surface area contributed by atoms with Gasteiger partial charge in [0.25, 0.3) is 0 Å². The molecule has 2 aromatic rings. The number of nitrogens with zero attached hydrogens (tertiary/aromatic N) is 2. The molecule has 2 fully saturated rings. The number of hydrogen-bond acceptors (Lipinski definition) is 4. The molecule has 0 radical (unpaired) electrons. The van der Waals surface area contributed by atoms with Crippen LogP contribution in [0.25, 0.3) is 0 Å². The molecule has 156 valence electrons. The second-order valence-electron chi connectivity index (χ2n) is 8.59. The number of aliphatic hydroxyl groups is 1. The van der Waals surface area contributed by atoms with Crippen LogP contribution in [-0.4, -0.2) is 39.8 Å². The van der Waals surface area contributed by atoms with Crippen LogP contribution in [0.4, 0.5) is 13.2 Å². The fourth-order valence-electron chi connectivity index (χ4n) is 5.56. The molecule has 1 saturated carbocycles. The van der Waals surface area contributed by atoms with E-state index in [0.29, 0.717) is 36.2 Å². The molecule has 0 bridgehead atoms. The Morgan fingerprint density at radius 3 is 2.59 bits per heavy atom. The molecule has 5 rings (SSSR count). The fourth-order valence-corrected chi connectivity index (χ4v) is 5.56. The van der Waals surface area contributed by atoms with E-state index in [1.807, 2.05) is 4.90 Å². The van der Waals surface area contributed by atoms with Gasteiger partial charge in [0.15, 0.2) is 6.23 Å². The van der Waals surface area contributed by atoms with Crippen molar-refractivity contribution in [2.24, 2.45) is 11.8 Å². The molecule has 2 unspecified atom stereocenters. The Morgan fingerprint density at radius 2 is 1.86 bits per heavy atom. The van der Waals surface area contributed by atoms with Crippen molar-refractivity contribution < 1.29 is 18.3 Å². The van der Waals surface area contributed by atoms with Crippen LogP contribution >= 0.6 is 0 Å². The summed E-state index contributed by atoms with van der Waals surface area (Å²) in [4.78, 5) is 2.04. The summed E-state index contributed by atoms with van der Waals surface area (Å²) in [6.45, 7) is 3.02. The zero-order chi connectivity index (χ0) is 20.2. The predicted molar refractivity (Wildman–Crippen MR) is 101 cm³/mol. The highest BCUT2D eigenvalue weighted by molar-refractivity contribution is 5.34. The molecular formula is C21H25F3N4O. The zero-order valence-electron chi connectivity index (χ0n) is 16.0. The van der Waals surface area contributed by atoms with Crippen LogP contribution in [0.5, 0.6) is 0 Å². The van der Waals surface area contributed by atoms with Crippen molar-refractivity contribution >= 4 is 0 Å². The highest BCUT2D eigenvalue weighted by atomic mass is 19.4. The number of nitrogens with one attached hydrogen (secondary N) is 2. The molecule has 3 heterocycles. The van der Waals surface area contributed by atoms with Crippen LogP contribution in [-0.2, 0) is 19.1 Å². The fraction of sp³-hybridized carbons (Fsp3) is 0.571. The van der Waals surface area contributed by atoms with E-state index in [-0.39, 0.29) is 5.92 Å². The van der Waals surface area contributed by atoms with Crippen molar-refractivity contribution in [2.75, 3.05) is 19.6 Å². The number of likely N-dealkylation sites (tertiary alicyclic amines) is 1. The average molecular weight is 406 g/mol. The third-order valence-corrected chi connectivity index (χ3v) is 6.91. The number of aromatic nitrogens is 2. The Hall–Kier alpha value is -1.90. The molecular weight excluding hydrogens is 381 g/mol. The third kappa shape index (κ3) is 3.37. The number of rotatable bonds is 3. The van der Waals surface area contributed by atoms with Crippen LogP contribution in [0.1, 0.15) is 53.1 Å². The van der Waals surface area contributed by atoms with Gasteiger partial charge < -0.3 is 10.4 Å². The summed E-state index contributed by atoms with van der Waals surface area (Å²) in [7, 11) is 0. The van der Waals surface area contributed by atoms with E-state index in [2.05, 4.69) is 15.5 Å². The summed E-state index contributed by atoms with van der Waals surface area (Å²) in [5.74, 6) is 0.561. The molecule has 29 heavy (non-hydrogen) atoms. The van der Waals surface area contributed by atoms with E-state index in [0.717, 1.165) is 43.6 Å². The smallest absolute Gasteiger partial charge is 0.372 e. The van der Waals surface area contributed by atoms with Gasteiger partial charge in [0.05, 0.1) is 11.3 Å². The van der Waals surface area contributed by atoms with Crippen molar-refractivity contribution in [3.8, 4) is 0 Å². The van der Waals surface area contributed by atoms with Crippen LogP contribution in [0.3, 0.4) is 0 Å². The van der Waals surface area contributed by atoms with Crippen LogP contribution in [0, 0.1) is 11.8 Å². The van der Waals surface area contributed by atoms with Crippen LogP contribution in [0.15, 0.2) is 24.3 Å². The van der Waals surface area contributed by atoms with E-state index in [1.165, 1.54) is 12.1 Å². The first-order valence-electron chi connectivity index (χ1n) is 10.3. The van der Waals surface area contributed by atoms with E-state index in [9.17, 15) is 18.3 Å². The minimum absolute atomic E-state index is 0.0636. The largest absolute Gasteiger partial charge is 0.416 e. The summed E-state index contributed by atoms with van der Waals surface area (Å²) < 4.78 is 40.2. The van der Waals surface area contributed by atoms with Gasteiger partial charge in [0.2, 0.25) is 0 Å². The SMILES string of the molecule is OC(c1n[nH]c2c1CCNC2)N1C[C@H]2CC(c3ccccc3C(F)(F)F)C[C@H]2C1. The van der Waals surface area contributed by atoms with Gasteiger partial charge in [-0.3, -0.25) is 10.00 Å². The summed E-state index contributed by atoms with van der Waals surface area (Å²) in [6.07, 6.45) is -2.74. The van der Waals surface area contributed by atoms with E-state index in [1.54, 1.807) is 12.1 Å².